The van der Waals surface area contributed by atoms with E-state index in [-0.39, 0.29) is 18.0 Å². The molecule has 0 aliphatic carbocycles. The minimum Gasteiger partial charge on any atom is -0.450 e. The smallest absolute Gasteiger partial charge is 0.411 e. The Labute approximate surface area is 146 Å². The molecule has 0 spiro atoms. The molecule has 0 bridgehead atoms. The summed E-state index contributed by atoms with van der Waals surface area (Å²) in [5.74, 6) is 0.0945. The summed E-state index contributed by atoms with van der Waals surface area (Å²) in [7, 11) is 0. The maximum Gasteiger partial charge on any atom is 0.411 e. The highest BCUT2D eigenvalue weighted by molar-refractivity contribution is 5.87. The van der Waals surface area contributed by atoms with Gasteiger partial charge in [0.15, 0.2) is 0 Å². The Kier molecular flexibility index (Phi) is 3.90. The Morgan fingerprint density at radius 1 is 1.24 bits per heavy atom. The number of amides is 2. The standard InChI is InChI=1S/C19H23N3O3/c1-3-25-19(24)20-10-9-17-18-15(8-11-21(17)13(2)23)14-6-4-5-7-16(14)22(18)12-20/h4-7,17H,3,8-12H2,1-2H3. The van der Waals surface area contributed by atoms with Crippen LogP contribution in [0.2, 0.25) is 0 Å². The first-order valence-corrected chi connectivity index (χ1v) is 8.90. The van der Waals surface area contributed by atoms with Gasteiger partial charge in [-0.3, -0.25) is 9.69 Å². The molecule has 1 atom stereocenters. The number of hydrogen-bond acceptors (Lipinski definition) is 3. The van der Waals surface area contributed by atoms with Gasteiger partial charge in [-0.1, -0.05) is 18.2 Å². The minimum atomic E-state index is -0.290. The molecule has 2 aliphatic rings. The first-order chi connectivity index (χ1) is 12.1. The summed E-state index contributed by atoms with van der Waals surface area (Å²) in [6, 6.07) is 8.33. The van der Waals surface area contributed by atoms with Crippen LogP contribution in [0.1, 0.15) is 37.6 Å². The van der Waals surface area contributed by atoms with E-state index in [2.05, 4.69) is 16.7 Å². The topological polar surface area (TPSA) is 54.8 Å². The molecule has 1 unspecified atom stereocenters. The van der Waals surface area contributed by atoms with Crippen molar-refractivity contribution in [1.29, 1.82) is 0 Å². The van der Waals surface area contributed by atoms with Gasteiger partial charge in [0.25, 0.3) is 0 Å². The van der Waals surface area contributed by atoms with Gasteiger partial charge in [-0.25, -0.2) is 4.79 Å². The van der Waals surface area contributed by atoms with Gasteiger partial charge in [-0.2, -0.15) is 0 Å². The molecule has 6 heteroatoms. The summed E-state index contributed by atoms with van der Waals surface area (Å²) in [4.78, 5) is 28.2. The third-order valence-corrected chi connectivity index (χ3v) is 5.33. The van der Waals surface area contributed by atoms with Gasteiger partial charge < -0.3 is 14.2 Å². The van der Waals surface area contributed by atoms with Gasteiger partial charge in [-0.05, 0) is 31.4 Å². The average molecular weight is 341 g/mol. The van der Waals surface area contributed by atoms with E-state index in [4.69, 9.17) is 4.74 Å². The molecule has 2 amide bonds. The number of para-hydroxylation sites is 1. The molecule has 0 saturated heterocycles. The third-order valence-electron chi connectivity index (χ3n) is 5.33. The van der Waals surface area contributed by atoms with Gasteiger partial charge in [0.2, 0.25) is 5.91 Å². The van der Waals surface area contributed by atoms with Crippen LogP contribution in [0.15, 0.2) is 24.3 Å². The first-order valence-electron chi connectivity index (χ1n) is 8.90. The van der Waals surface area contributed by atoms with Crippen molar-refractivity contribution in [1.82, 2.24) is 14.4 Å². The average Bonchev–Trinajstić information content (AvgIpc) is 2.78. The SMILES string of the molecule is CCOC(=O)N1CCC2c3c(c4ccccc4n3C1)CCN2C(C)=O. The number of carbonyl (C=O) groups is 2. The molecule has 0 radical (unpaired) electrons. The van der Waals surface area contributed by atoms with E-state index in [9.17, 15) is 9.59 Å². The van der Waals surface area contributed by atoms with E-state index in [0.717, 1.165) is 24.9 Å². The van der Waals surface area contributed by atoms with E-state index in [1.807, 2.05) is 24.0 Å². The van der Waals surface area contributed by atoms with Crippen LogP contribution in [-0.4, -0.2) is 46.1 Å². The fourth-order valence-corrected chi connectivity index (χ4v) is 4.28. The Balaban J connectivity index is 1.86. The fraction of sp³-hybridized carbons (Fsp3) is 0.474. The largest absolute Gasteiger partial charge is 0.450 e. The summed E-state index contributed by atoms with van der Waals surface area (Å²) in [6.45, 7) is 5.60. The summed E-state index contributed by atoms with van der Waals surface area (Å²) in [5.41, 5.74) is 3.64. The van der Waals surface area contributed by atoms with Crippen molar-refractivity contribution in [2.75, 3.05) is 19.7 Å². The number of benzene rings is 1. The lowest BCUT2D eigenvalue weighted by atomic mass is 9.95. The Morgan fingerprint density at radius 3 is 2.80 bits per heavy atom. The van der Waals surface area contributed by atoms with Gasteiger partial charge in [0, 0.05) is 31.1 Å². The molecule has 0 fully saturated rings. The summed E-state index contributed by atoms with van der Waals surface area (Å²) in [5, 5.41) is 1.23. The van der Waals surface area contributed by atoms with Crippen molar-refractivity contribution in [3.8, 4) is 0 Å². The van der Waals surface area contributed by atoms with Crippen LogP contribution in [-0.2, 0) is 22.6 Å². The summed E-state index contributed by atoms with van der Waals surface area (Å²) >= 11 is 0. The van der Waals surface area contributed by atoms with Gasteiger partial charge >= 0.3 is 6.09 Å². The summed E-state index contributed by atoms with van der Waals surface area (Å²) < 4.78 is 7.43. The zero-order valence-corrected chi connectivity index (χ0v) is 14.7. The highest BCUT2D eigenvalue weighted by Crippen LogP contribution is 2.40. The number of rotatable bonds is 1. The second kappa shape index (κ2) is 6.10. The monoisotopic (exact) mass is 341 g/mol. The van der Waals surface area contributed by atoms with Crippen LogP contribution < -0.4 is 0 Å². The van der Waals surface area contributed by atoms with E-state index < -0.39 is 0 Å². The molecular weight excluding hydrogens is 318 g/mol. The van der Waals surface area contributed by atoms with Crippen molar-refractivity contribution in [3.63, 3.8) is 0 Å². The molecule has 2 aromatic rings. The molecule has 2 aliphatic heterocycles. The van der Waals surface area contributed by atoms with E-state index in [1.54, 1.807) is 11.8 Å². The van der Waals surface area contributed by atoms with Crippen LogP contribution in [0.3, 0.4) is 0 Å². The lowest BCUT2D eigenvalue weighted by Crippen LogP contribution is -2.39. The number of carbonyl (C=O) groups excluding carboxylic acids is 2. The maximum atomic E-state index is 12.3. The number of aromatic nitrogens is 1. The van der Waals surface area contributed by atoms with Crippen molar-refractivity contribution in [3.05, 3.63) is 35.5 Å². The van der Waals surface area contributed by atoms with Crippen LogP contribution in [0, 0.1) is 0 Å². The van der Waals surface area contributed by atoms with Crippen molar-refractivity contribution >= 4 is 22.9 Å². The van der Waals surface area contributed by atoms with Crippen molar-refractivity contribution in [2.45, 2.75) is 39.4 Å². The number of ether oxygens (including phenoxy) is 1. The minimum absolute atomic E-state index is 0.0214. The Morgan fingerprint density at radius 2 is 2.04 bits per heavy atom. The highest BCUT2D eigenvalue weighted by Gasteiger charge is 2.37. The predicted octanol–water partition coefficient (Wildman–Crippen LogP) is 2.91. The zero-order chi connectivity index (χ0) is 17.6. The molecule has 0 saturated carbocycles. The molecular formula is C19H23N3O3. The van der Waals surface area contributed by atoms with Crippen LogP contribution in [0.25, 0.3) is 10.9 Å². The van der Waals surface area contributed by atoms with Crippen molar-refractivity contribution < 1.29 is 14.3 Å². The van der Waals surface area contributed by atoms with Crippen molar-refractivity contribution in [2.24, 2.45) is 0 Å². The molecule has 0 N–H and O–H groups in total. The quantitative estimate of drug-likeness (QED) is 0.801. The zero-order valence-electron chi connectivity index (χ0n) is 14.7. The normalized spacial score (nSPS) is 19.5. The van der Waals surface area contributed by atoms with Crippen LogP contribution >= 0.6 is 0 Å². The molecule has 1 aromatic carbocycles. The van der Waals surface area contributed by atoms with Gasteiger partial charge in [-0.15, -0.1) is 0 Å². The van der Waals surface area contributed by atoms with Crippen LogP contribution in [0.5, 0.6) is 0 Å². The fourth-order valence-electron chi connectivity index (χ4n) is 4.28. The van der Waals surface area contributed by atoms with Gasteiger partial charge in [0.05, 0.1) is 18.2 Å². The molecule has 3 heterocycles. The molecule has 1 aromatic heterocycles. The maximum absolute atomic E-state index is 12.3. The molecule has 25 heavy (non-hydrogen) atoms. The lowest BCUT2D eigenvalue weighted by molar-refractivity contribution is -0.131. The predicted molar refractivity (Wildman–Crippen MR) is 94.1 cm³/mol. The molecule has 132 valence electrons. The molecule has 4 rings (SSSR count). The summed E-state index contributed by atoms with van der Waals surface area (Å²) in [6.07, 6.45) is 1.31. The highest BCUT2D eigenvalue weighted by atomic mass is 16.6. The Hall–Kier alpha value is -2.50. The molecule has 6 nitrogen and oxygen atoms in total. The van der Waals surface area contributed by atoms with E-state index >= 15 is 0 Å². The second-order valence-electron chi connectivity index (χ2n) is 6.68. The van der Waals surface area contributed by atoms with E-state index in [0.29, 0.717) is 19.8 Å². The van der Waals surface area contributed by atoms with E-state index in [1.165, 1.54) is 16.6 Å². The first kappa shape index (κ1) is 16.0. The third kappa shape index (κ3) is 2.47. The van der Waals surface area contributed by atoms with Crippen LogP contribution in [0.4, 0.5) is 4.79 Å². The second-order valence-corrected chi connectivity index (χ2v) is 6.68. The number of fused-ring (bicyclic) bond motifs is 3. The van der Waals surface area contributed by atoms with Gasteiger partial charge in [0.1, 0.15) is 6.67 Å². The Bertz CT molecular complexity index is 842. The lowest BCUT2D eigenvalue weighted by Gasteiger charge is -2.35. The number of nitrogens with zero attached hydrogens (tertiary/aromatic N) is 3. The number of hydrogen-bond donors (Lipinski definition) is 0.